The lowest BCUT2D eigenvalue weighted by atomic mass is 10.1. The summed E-state index contributed by atoms with van der Waals surface area (Å²) in [6, 6.07) is 9.51. The lowest BCUT2D eigenvalue weighted by molar-refractivity contribution is -0.129. The lowest BCUT2D eigenvalue weighted by Crippen LogP contribution is -2.43. The van der Waals surface area contributed by atoms with Crippen molar-refractivity contribution in [1.29, 1.82) is 0 Å². The minimum Gasteiger partial charge on any atom is -0.335 e. The third-order valence-electron chi connectivity index (χ3n) is 3.65. The van der Waals surface area contributed by atoms with Crippen molar-refractivity contribution in [3.63, 3.8) is 0 Å². The molecule has 0 spiro atoms. The molecule has 5 heteroatoms. The highest BCUT2D eigenvalue weighted by Crippen LogP contribution is 2.25. The Balaban J connectivity index is 1.93. The van der Waals surface area contributed by atoms with Gasteiger partial charge in [-0.1, -0.05) is 36.4 Å². The number of hydrogen-bond acceptors (Lipinski definition) is 2. The summed E-state index contributed by atoms with van der Waals surface area (Å²) in [5.41, 5.74) is 1.10. The number of likely N-dealkylation sites (tertiary alicyclic amines) is 1. The van der Waals surface area contributed by atoms with Crippen LogP contribution in [-0.4, -0.2) is 36.0 Å². The topological polar surface area (TPSA) is 61.4 Å². The highest BCUT2D eigenvalue weighted by Gasteiger charge is 2.33. The molecule has 112 valence electrons. The van der Waals surface area contributed by atoms with Gasteiger partial charge in [0.2, 0.25) is 5.91 Å². The summed E-state index contributed by atoms with van der Waals surface area (Å²) in [7, 11) is 0. The first-order chi connectivity index (χ1) is 10.1. The Morgan fingerprint density at radius 3 is 2.86 bits per heavy atom. The number of amides is 3. The quantitative estimate of drug-likeness (QED) is 0.812. The minimum atomic E-state index is -0.262. The number of urea groups is 1. The number of hydrogen-bond donors (Lipinski definition) is 2. The van der Waals surface area contributed by atoms with Crippen molar-refractivity contribution < 1.29 is 9.59 Å². The van der Waals surface area contributed by atoms with Crippen LogP contribution in [0.2, 0.25) is 0 Å². The Morgan fingerprint density at radius 2 is 2.19 bits per heavy atom. The van der Waals surface area contributed by atoms with E-state index in [0.717, 1.165) is 5.56 Å². The Bertz CT molecular complexity index is 516. The molecular weight excluding hydrogens is 266 g/mol. The number of benzene rings is 1. The molecule has 0 bridgehead atoms. The number of nitrogens with zero attached hydrogens (tertiary/aromatic N) is 1. The van der Waals surface area contributed by atoms with Gasteiger partial charge in [0.15, 0.2) is 0 Å². The SMILES string of the molecule is C=CCNC(=O)NC1CC(=O)N(C(C)c2ccccc2)C1. The van der Waals surface area contributed by atoms with Crippen LogP contribution in [0.5, 0.6) is 0 Å². The van der Waals surface area contributed by atoms with E-state index in [2.05, 4.69) is 17.2 Å². The van der Waals surface area contributed by atoms with Crippen LogP contribution in [0.4, 0.5) is 4.79 Å². The van der Waals surface area contributed by atoms with Gasteiger partial charge in [-0.15, -0.1) is 6.58 Å². The van der Waals surface area contributed by atoms with Gasteiger partial charge in [0.05, 0.1) is 12.1 Å². The number of nitrogens with one attached hydrogen (secondary N) is 2. The number of carbonyl (C=O) groups is 2. The molecule has 0 aromatic heterocycles. The van der Waals surface area contributed by atoms with Gasteiger partial charge >= 0.3 is 6.03 Å². The van der Waals surface area contributed by atoms with E-state index in [1.54, 1.807) is 6.08 Å². The van der Waals surface area contributed by atoms with Crippen LogP contribution in [0, 0.1) is 0 Å². The summed E-state index contributed by atoms with van der Waals surface area (Å²) < 4.78 is 0. The fourth-order valence-corrected chi connectivity index (χ4v) is 2.52. The molecule has 1 heterocycles. The second kappa shape index (κ2) is 6.92. The first-order valence-electron chi connectivity index (χ1n) is 7.11. The molecule has 0 radical (unpaired) electrons. The Hall–Kier alpha value is -2.30. The molecule has 2 unspecified atom stereocenters. The monoisotopic (exact) mass is 287 g/mol. The summed E-state index contributed by atoms with van der Waals surface area (Å²) in [5.74, 6) is 0.0698. The first-order valence-corrected chi connectivity index (χ1v) is 7.11. The fourth-order valence-electron chi connectivity index (χ4n) is 2.52. The summed E-state index contributed by atoms with van der Waals surface area (Å²) >= 11 is 0. The van der Waals surface area contributed by atoms with Crippen LogP contribution in [0.3, 0.4) is 0 Å². The third kappa shape index (κ3) is 3.84. The van der Waals surface area contributed by atoms with Crippen molar-refractivity contribution in [3.8, 4) is 0 Å². The zero-order chi connectivity index (χ0) is 15.2. The molecule has 2 atom stereocenters. The number of rotatable bonds is 5. The van der Waals surface area contributed by atoms with E-state index in [9.17, 15) is 9.59 Å². The van der Waals surface area contributed by atoms with Crippen molar-refractivity contribution in [3.05, 3.63) is 48.6 Å². The fraction of sp³-hybridized carbons (Fsp3) is 0.375. The summed E-state index contributed by atoms with van der Waals surface area (Å²) in [5, 5.41) is 5.47. The van der Waals surface area contributed by atoms with Gasteiger partial charge in [0.1, 0.15) is 0 Å². The van der Waals surface area contributed by atoms with E-state index >= 15 is 0 Å². The average Bonchev–Trinajstić information content (AvgIpc) is 2.85. The number of carbonyl (C=O) groups excluding carboxylic acids is 2. The predicted octanol–water partition coefficient (Wildman–Crippen LogP) is 1.83. The molecule has 2 rings (SSSR count). The van der Waals surface area contributed by atoms with E-state index in [-0.39, 0.29) is 24.0 Å². The van der Waals surface area contributed by atoms with Crippen molar-refractivity contribution >= 4 is 11.9 Å². The first kappa shape index (κ1) is 15.1. The van der Waals surface area contributed by atoms with Gasteiger partial charge in [-0.05, 0) is 12.5 Å². The van der Waals surface area contributed by atoms with E-state index in [4.69, 9.17) is 0 Å². The predicted molar refractivity (Wildman–Crippen MR) is 81.7 cm³/mol. The molecule has 0 saturated carbocycles. The van der Waals surface area contributed by atoms with Gasteiger partial charge in [-0.25, -0.2) is 4.79 Å². The molecule has 1 aromatic rings. The van der Waals surface area contributed by atoms with E-state index < -0.39 is 0 Å². The van der Waals surface area contributed by atoms with Gasteiger partial charge < -0.3 is 15.5 Å². The normalized spacial score (nSPS) is 19.2. The van der Waals surface area contributed by atoms with Crippen LogP contribution in [0.1, 0.15) is 24.9 Å². The van der Waals surface area contributed by atoms with Crippen LogP contribution >= 0.6 is 0 Å². The molecule has 1 saturated heterocycles. The average molecular weight is 287 g/mol. The van der Waals surface area contributed by atoms with Crippen molar-refractivity contribution in [2.24, 2.45) is 0 Å². The highest BCUT2D eigenvalue weighted by molar-refractivity contribution is 5.82. The van der Waals surface area contributed by atoms with Crippen LogP contribution in [0.15, 0.2) is 43.0 Å². The molecule has 21 heavy (non-hydrogen) atoms. The van der Waals surface area contributed by atoms with E-state index in [0.29, 0.717) is 19.5 Å². The Morgan fingerprint density at radius 1 is 1.48 bits per heavy atom. The summed E-state index contributed by atoms with van der Waals surface area (Å²) in [6.45, 7) is 6.50. The largest absolute Gasteiger partial charge is 0.335 e. The maximum absolute atomic E-state index is 12.1. The molecule has 3 amide bonds. The maximum Gasteiger partial charge on any atom is 0.315 e. The Labute approximate surface area is 125 Å². The van der Waals surface area contributed by atoms with Gasteiger partial charge in [0, 0.05) is 19.5 Å². The van der Waals surface area contributed by atoms with Crippen LogP contribution < -0.4 is 10.6 Å². The minimum absolute atomic E-state index is 0.0155. The van der Waals surface area contributed by atoms with Gasteiger partial charge in [0.25, 0.3) is 0 Å². The highest BCUT2D eigenvalue weighted by atomic mass is 16.2. The molecule has 1 aliphatic rings. The summed E-state index contributed by atoms with van der Waals surface area (Å²) in [6.07, 6.45) is 1.96. The zero-order valence-corrected chi connectivity index (χ0v) is 12.2. The molecule has 0 aliphatic carbocycles. The maximum atomic E-state index is 12.1. The van der Waals surface area contributed by atoms with Crippen molar-refractivity contribution in [2.75, 3.05) is 13.1 Å². The van der Waals surface area contributed by atoms with Crippen molar-refractivity contribution in [1.82, 2.24) is 15.5 Å². The molecule has 1 fully saturated rings. The van der Waals surface area contributed by atoms with Crippen LogP contribution in [0.25, 0.3) is 0 Å². The third-order valence-corrected chi connectivity index (χ3v) is 3.65. The molecule has 2 N–H and O–H groups in total. The molecule has 5 nitrogen and oxygen atoms in total. The standard InChI is InChI=1S/C16H21N3O2/c1-3-9-17-16(21)18-14-10-15(20)19(11-14)12(2)13-7-5-4-6-8-13/h3-8,12,14H,1,9-11H2,2H3,(H2,17,18,21). The molecule has 1 aromatic carbocycles. The Kier molecular flexibility index (Phi) is 4.98. The molecular formula is C16H21N3O2. The molecule has 1 aliphatic heterocycles. The van der Waals surface area contributed by atoms with E-state index in [1.807, 2.05) is 42.2 Å². The van der Waals surface area contributed by atoms with Crippen molar-refractivity contribution in [2.45, 2.75) is 25.4 Å². The van der Waals surface area contributed by atoms with Crippen LogP contribution in [-0.2, 0) is 4.79 Å². The lowest BCUT2D eigenvalue weighted by Gasteiger charge is -2.25. The van der Waals surface area contributed by atoms with Gasteiger partial charge in [-0.2, -0.15) is 0 Å². The second-order valence-electron chi connectivity index (χ2n) is 5.18. The van der Waals surface area contributed by atoms with E-state index in [1.165, 1.54) is 0 Å². The second-order valence-corrected chi connectivity index (χ2v) is 5.18. The zero-order valence-electron chi connectivity index (χ0n) is 12.2. The smallest absolute Gasteiger partial charge is 0.315 e. The summed E-state index contributed by atoms with van der Waals surface area (Å²) in [4.78, 5) is 25.6. The van der Waals surface area contributed by atoms with Gasteiger partial charge in [-0.3, -0.25) is 4.79 Å².